The number of hydrogen-bond acceptors (Lipinski definition) is 2. The maximum Gasteiger partial charge on any atom is 0.0431 e. The monoisotopic (exact) mass is 821 g/mol. The van der Waals surface area contributed by atoms with Crippen molar-refractivity contribution in [2.24, 2.45) is 0 Å². The fourth-order valence-corrected chi connectivity index (χ4v) is 8.86. The molecule has 2 nitrogen and oxygen atoms in total. The smallest absolute Gasteiger partial charge is 0.0431 e. The molecule has 0 heterocycles. The van der Waals surface area contributed by atoms with Gasteiger partial charge in [0.1, 0.15) is 0 Å². The molecule has 0 aliphatic carbocycles. The Labute approximate surface area is 369 Å². The number of aliphatic hydroxyl groups excluding tert-OH is 2. The molecule has 0 rings (SSSR count). The molecule has 0 aromatic carbocycles. The summed E-state index contributed by atoms with van der Waals surface area (Å²) >= 11 is 0. The minimum absolute atomic E-state index is 0.374. The van der Waals surface area contributed by atoms with E-state index in [1.54, 1.807) is 0 Å². The molecular weight excluding hydrogens is 705 g/mol. The molecule has 0 aliphatic heterocycles. The van der Waals surface area contributed by atoms with Crippen LogP contribution in [0.25, 0.3) is 0 Å². The van der Waals surface area contributed by atoms with Crippen molar-refractivity contribution in [1.82, 2.24) is 0 Å². The molecule has 0 aliphatic rings. The van der Waals surface area contributed by atoms with Crippen molar-refractivity contribution in [1.29, 1.82) is 0 Å². The first-order valence-electron chi connectivity index (χ1n) is 28.0. The van der Waals surface area contributed by atoms with Gasteiger partial charge in [0.2, 0.25) is 0 Å². The Balaban J connectivity index is 0. The lowest BCUT2D eigenvalue weighted by molar-refractivity contribution is 0.282. The third-order valence-electron chi connectivity index (χ3n) is 13.0. The zero-order valence-electron chi connectivity index (χ0n) is 41.1. The van der Waals surface area contributed by atoms with Crippen LogP contribution in [0, 0.1) is 0 Å². The second-order valence-electron chi connectivity index (χ2n) is 19.1. The van der Waals surface area contributed by atoms with Gasteiger partial charge >= 0.3 is 0 Å². The van der Waals surface area contributed by atoms with Gasteiger partial charge in [-0.2, -0.15) is 0 Å². The quantitative estimate of drug-likeness (QED) is 0.0600. The third kappa shape index (κ3) is 62.6. The summed E-state index contributed by atoms with van der Waals surface area (Å²) in [5, 5.41) is 17.5. The Morgan fingerprint density at radius 1 is 0.138 bits per heavy atom. The van der Waals surface area contributed by atoms with Crippen LogP contribution in [-0.2, 0) is 0 Å². The van der Waals surface area contributed by atoms with Crippen LogP contribution in [-0.4, -0.2) is 23.4 Å². The highest BCUT2D eigenvalue weighted by molar-refractivity contribution is 4.54. The van der Waals surface area contributed by atoms with E-state index in [0.29, 0.717) is 13.2 Å². The summed E-state index contributed by atoms with van der Waals surface area (Å²) in [6.45, 7) is 5.35. The largest absolute Gasteiger partial charge is 0.396 e. The van der Waals surface area contributed by atoms with Gasteiger partial charge in [-0.25, -0.2) is 0 Å². The van der Waals surface area contributed by atoms with Gasteiger partial charge in [0.25, 0.3) is 0 Å². The normalized spacial score (nSPS) is 11.4. The fraction of sp³-hybridized carbons (Fsp3) is 1.00. The van der Waals surface area contributed by atoms with Crippen molar-refractivity contribution in [3.8, 4) is 0 Å². The van der Waals surface area contributed by atoms with Crippen LogP contribution < -0.4 is 0 Å². The summed E-state index contributed by atoms with van der Waals surface area (Å²) in [6, 6.07) is 0. The van der Waals surface area contributed by atoms with Gasteiger partial charge in [-0.15, -0.1) is 0 Å². The van der Waals surface area contributed by atoms with Gasteiger partial charge in [0, 0.05) is 13.2 Å². The van der Waals surface area contributed by atoms with E-state index >= 15 is 0 Å². The lowest BCUT2D eigenvalue weighted by atomic mass is 10.0. The predicted molar refractivity (Wildman–Crippen MR) is 266 cm³/mol. The first-order chi connectivity index (χ1) is 28.8. The maximum atomic E-state index is 8.76. The number of unbranched alkanes of at least 4 members (excludes halogenated alkanes) is 50. The van der Waals surface area contributed by atoms with Crippen molar-refractivity contribution in [3.63, 3.8) is 0 Å². The molecule has 0 aromatic heterocycles. The first kappa shape index (κ1) is 60.0. The highest BCUT2D eigenvalue weighted by Crippen LogP contribution is 2.18. The summed E-state index contributed by atoms with van der Waals surface area (Å²) in [6.07, 6.45) is 74.2. The second-order valence-corrected chi connectivity index (χ2v) is 19.1. The Morgan fingerprint density at radius 2 is 0.224 bits per heavy atom. The van der Waals surface area contributed by atoms with Gasteiger partial charge in [-0.05, 0) is 12.8 Å². The number of hydrogen-bond donors (Lipinski definition) is 2. The Morgan fingerprint density at radius 3 is 0.310 bits per heavy atom. The van der Waals surface area contributed by atoms with Crippen molar-refractivity contribution in [2.75, 3.05) is 13.2 Å². The van der Waals surface area contributed by atoms with Crippen molar-refractivity contribution < 1.29 is 10.2 Å². The van der Waals surface area contributed by atoms with Gasteiger partial charge in [-0.3, -0.25) is 0 Å². The summed E-state index contributed by atoms with van der Waals surface area (Å²) < 4.78 is 0. The van der Waals surface area contributed by atoms with Crippen molar-refractivity contribution >= 4 is 0 Å². The van der Waals surface area contributed by atoms with Crippen LogP contribution in [0.15, 0.2) is 0 Å². The molecular formula is C56H116O2. The molecule has 0 unspecified atom stereocenters. The third-order valence-corrected chi connectivity index (χ3v) is 13.0. The minimum Gasteiger partial charge on any atom is -0.396 e. The van der Waals surface area contributed by atoms with Gasteiger partial charge in [0.15, 0.2) is 0 Å². The molecule has 58 heavy (non-hydrogen) atoms. The predicted octanol–water partition coefficient (Wildman–Crippen LogP) is 20.3. The van der Waals surface area contributed by atoms with Crippen molar-refractivity contribution in [2.45, 2.75) is 348 Å². The molecule has 0 amide bonds. The molecule has 0 aromatic rings. The summed E-state index contributed by atoms with van der Waals surface area (Å²) in [5.41, 5.74) is 0. The van der Waals surface area contributed by atoms with E-state index in [0.717, 1.165) is 12.8 Å². The molecule has 0 saturated carbocycles. The number of aliphatic hydroxyl groups is 2. The average molecular weight is 822 g/mol. The molecule has 0 fully saturated rings. The lowest BCUT2D eigenvalue weighted by Crippen LogP contribution is -1.85. The highest BCUT2D eigenvalue weighted by Gasteiger charge is 1.98. The number of rotatable bonds is 52. The molecule has 0 spiro atoms. The SMILES string of the molecule is CCCCCCCCCCCCCCCCCCCCCCCCCCCCCCO.CCCCCCCCCCCCCCCCCCCCCCCCCCO. The van der Waals surface area contributed by atoms with E-state index in [9.17, 15) is 0 Å². The van der Waals surface area contributed by atoms with Crippen LogP contribution in [0.4, 0.5) is 0 Å². The highest BCUT2D eigenvalue weighted by atomic mass is 16.3. The van der Waals surface area contributed by atoms with E-state index in [1.165, 1.54) is 321 Å². The molecule has 0 radical (unpaired) electrons. The van der Waals surface area contributed by atoms with Gasteiger partial charge in [-0.1, -0.05) is 335 Å². The van der Waals surface area contributed by atoms with Crippen molar-refractivity contribution in [3.05, 3.63) is 0 Å². The van der Waals surface area contributed by atoms with E-state index in [2.05, 4.69) is 13.8 Å². The first-order valence-corrected chi connectivity index (χ1v) is 28.0. The molecule has 2 N–H and O–H groups in total. The standard InChI is InChI=1S/C30H62O.C26H54O/c1-2-3-4-5-6-7-8-9-10-11-12-13-14-15-16-17-18-19-20-21-22-23-24-25-26-27-28-29-30-31;1-2-3-4-5-6-7-8-9-10-11-12-13-14-15-16-17-18-19-20-21-22-23-24-25-26-27/h31H,2-30H2,1H3;27H,2-26H2,1H3. The summed E-state index contributed by atoms with van der Waals surface area (Å²) in [5.74, 6) is 0. The van der Waals surface area contributed by atoms with Crippen LogP contribution in [0.3, 0.4) is 0 Å². The van der Waals surface area contributed by atoms with E-state index in [1.807, 2.05) is 0 Å². The van der Waals surface area contributed by atoms with Crippen LogP contribution >= 0.6 is 0 Å². The van der Waals surface area contributed by atoms with Crippen LogP contribution in [0.2, 0.25) is 0 Å². The van der Waals surface area contributed by atoms with E-state index in [-0.39, 0.29) is 0 Å². The minimum atomic E-state index is 0.374. The van der Waals surface area contributed by atoms with Crippen LogP contribution in [0.5, 0.6) is 0 Å². The summed E-state index contributed by atoms with van der Waals surface area (Å²) in [7, 11) is 0. The van der Waals surface area contributed by atoms with Gasteiger partial charge < -0.3 is 10.2 Å². The van der Waals surface area contributed by atoms with Crippen LogP contribution in [0.1, 0.15) is 348 Å². The molecule has 0 bridgehead atoms. The topological polar surface area (TPSA) is 40.5 Å². The Kier molecular flexibility index (Phi) is 63.3. The molecule has 0 atom stereocenters. The fourth-order valence-electron chi connectivity index (χ4n) is 8.86. The average Bonchev–Trinajstić information content (AvgIpc) is 3.24. The van der Waals surface area contributed by atoms with Gasteiger partial charge in [0.05, 0.1) is 0 Å². The molecule has 0 saturated heterocycles. The van der Waals surface area contributed by atoms with E-state index in [4.69, 9.17) is 10.2 Å². The zero-order chi connectivity index (χ0) is 42.2. The zero-order valence-corrected chi connectivity index (χ0v) is 41.1. The second kappa shape index (κ2) is 61.2. The summed E-state index contributed by atoms with van der Waals surface area (Å²) in [4.78, 5) is 0. The van der Waals surface area contributed by atoms with E-state index < -0.39 is 0 Å². The molecule has 2 heteroatoms. The molecule has 352 valence electrons. The maximum absolute atomic E-state index is 8.76. The Bertz CT molecular complexity index is 582. The lowest BCUT2D eigenvalue weighted by Gasteiger charge is -2.04. The Hall–Kier alpha value is -0.0800.